The zero-order valence-electron chi connectivity index (χ0n) is 10.3. The van der Waals surface area contributed by atoms with Crippen molar-refractivity contribution in [2.24, 2.45) is 0 Å². The van der Waals surface area contributed by atoms with Crippen LogP contribution in [-0.2, 0) is 16.1 Å². The van der Waals surface area contributed by atoms with Crippen LogP contribution in [-0.4, -0.2) is 22.9 Å². The van der Waals surface area contributed by atoms with Gasteiger partial charge in [-0.2, -0.15) is 0 Å². The smallest absolute Gasteiger partial charge is 0.329 e. The molecule has 1 saturated carbocycles. The summed E-state index contributed by atoms with van der Waals surface area (Å²) in [5.74, 6) is -0.927. The number of rotatable bonds is 6. The normalized spacial score (nSPS) is 16.0. The third kappa shape index (κ3) is 4.35. The fourth-order valence-corrected chi connectivity index (χ4v) is 3.37. The van der Waals surface area contributed by atoms with Crippen molar-refractivity contribution in [3.8, 4) is 0 Å². The lowest BCUT2D eigenvalue weighted by Crippen LogP contribution is -2.06. The maximum atomic E-state index is 10.3. The van der Waals surface area contributed by atoms with Crippen molar-refractivity contribution >= 4 is 17.7 Å². The Kier molecular flexibility index (Phi) is 5.08. The van der Waals surface area contributed by atoms with Gasteiger partial charge in [-0.1, -0.05) is 25.0 Å². The Hall–Kier alpha value is -1.00. The van der Waals surface area contributed by atoms with Crippen LogP contribution in [0.25, 0.3) is 0 Å². The molecule has 0 spiro atoms. The van der Waals surface area contributed by atoms with Crippen molar-refractivity contribution in [2.45, 2.75) is 42.4 Å². The minimum Gasteiger partial charge on any atom is -0.480 e. The monoisotopic (exact) mass is 266 g/mol. The molecule has 1 fully saturated rings. The number of ether oxygens (including phenoxy) is 1. The van der Waals surface area contributed by atoms with Crippen LogP contribution in [0.3, 0.4) is 0 Å². The van der Waals surface area contributed by atoms with Crippen LogP contribution in [0.5, 0.6) is 0 Å². The molecule has 1 aliphatic rings. The Morgan fingerprint density at radius 1 is 1.28 bits per heavy atom. The summed E-state index contributed by atoms with van der Waals surface area (Å²) in [6.07, 6.45) is 5.37. The SMILES string of the molecule is O=C(O)COCc1ccc(SC2CCCC2)cc1. The number of aliphatic carboxylic acids is 1. The molecule has 0 atom stereocenters. The number of hydrogen-bond donors (Lipinski definition) is 1. The van der Waals surface area contributed by atoms with Crippen molar-refractivity contribution < 1.29 is 14.6 Å². The third-order valence-corrected chi connectivity index (χ3v) is 4.37. The molecule has 4 heteroatoms. The minimum absolute atomic E-state index is 0.238. The average molecular weight is 266 g/mol. The van der Waals surface area contributed by atoms with E-state index in [1.807, 2.05) is 23.9 Å². The number of carbonyl (C=O) groups is 1. The highest BCUT2D eigenvalue weighted by atomic mass is 32.2. The molecule has 0 bridgehead atoms. The van der Waals surface area contributed by atoms with E-state index in [2.05, 4.69) is 12.1 Å². The minimum atomic E-state index is -0.927. The predicted octanol–water partition coefficient (Wildman–Crippen LogP) is 3.32. The van der Waals surface area contributed by atoms with Gasteiger partial charge < -0.3 is 9.84 Å². The molecule has 0 saturated heterocycles. The fraction of sp³-hybridized carbons (Fsp3) is 0.500. The van der Waals surface area contributed by atoms with Crippen molar-refractivity contribution in [1.29, 1.82) is 0 Å². The van der Waals surface area contributed by atoms with Crippen LogP contribution in [0.15, 0.2) is 29.2 Å². The molecule has 0 amide bonds. The molecule has 0 unspecified atom stereocenters. The lowest BCUT2D eigenvalue weighted by Gasteiger charge is -2.09. The van der Waals surface area contributed by atoms with E-state index in [1.165, 1.54) is 30.6 Å². The lowest BCUT2D eigenvalue weighted by atomic mass is 10.2. The van der Waals surface area contributed by atoms with Gasteiger partial charge in [0.05, 0.1) is 6.61 Å². The molecule has 0 radical (unpaired) electrons. The van der Waals surface area contributed by atoms with E-state index >= 15 is 0 Å². The fourth-order valence-electron chi connectivity index (χ4n) is 2.12. The Labute approximate surface area is 112 Å². The maximum absolute atomic E-state index is 10.3. The highest BCUT2D eigenvalue weighted by Crippen LogP contribution is 2.34. The zero-order valence-corrected chi connectivity index (χ0v) is 11.1. The first kappa shape index (κ1) is 13.4. The van der Waals surface area contributed by atoms with E-state index in [0.29, 0.717) is 6.61 Å². The number of carboxylic acid groups (broad SMARTS) is 1. The molecule has 0 heterocycles. The highest BCUT2D eigenvalue weighted by Gasteiger charge is 2.15. The molecule has 18 heavy (non-hydrogen) atoms. The van der Waals surface area contributed by atoms with Crippen LogP contribution >= 0.6 is 11.8 Å². The van der Waals surface area contributed by atoms with E-state index in [0.717, 1.165) is 10.8 Å². The number of hydrogen-bond acceptors (Lipinski definition) is 3. The summed E-state index contributed by atoms with van der Waals surface area (Å²) >= 11 is 1.95. The Bertz CT molecular complexity index is 383. The number of thioether (sulfide) groups is 1. The van der Waals surface area contributed by atoms with Crippen molar-refractivity contribution in [2.75, 3.05) is 6.61 Å². The van der Waals surface area contributed by atoms with Gasteiger partial charge in [0.2, 0.25) is 0 Å². The van der Waals surface area contributed by atoms with Crippen LogP contribution in [0.4, 0.5) is 0 Å². The average Bonchev–Trinajstić information content (AvgIpc) is 2.84. The summed E-state index contributed by atoms with van der Waals surface area (Å²) in [6.45, 7) is 0.124. The third-order valence-electron chi connectivity index (χ3n) is 3.02. The van der Waals surface area contributed by atoms with E-state index in [4.69, 9.17) is 9.84 Å². The number of carboxylic acids is 1. The summed E-state index contributed by atoms with van der Waals surface area (Å²) in [5, 5.41) is 9.24. The van der Waals surface area contributed by atoms with Gasteiger partial charge in [0.1, 0.15) is 6.61 Å². The molecule has 1 aromatic rings. The van der Waals surface area contributed by atoms with Crippen LogP contribution in [0.1, 0.15) is 31.2 Å². The first-order valence-corrected chi connectivity index (χ1v) is 7.17. The van der Waals surface area contributed by atoms with Crippen LogP contribution < -0.4 is 0 Å². The van der Waals surface area contributed by atoms with E-state index in [9.17, 15) is 4.79 Å². The quantitative estimate of drug-likeness (QED) is 0.858. The van der Waals surface area contributed by atoms with Gasteiger partial charge in [0.15, 0.2) is 0 Å². The van der Waals surface area contributed by atoms with Gasteiger partial charge in [-0.25, -0.2) is 4.79 Å². The largest absolute Gasteiger partial charge is 0.480 e. The maximum Gasteiger partial charge on any atom is 0.329 e. The first-order valence-electron chi connectivity index (χ1n) is 6.29. The molecule has 1 N–H and O–H groups in total. The van der Waals surface area contributed by atoms with Gasteiger partial charge in [0.25, 0.3) is 0 Å². The second-order valence-corrected chi connectivity index (χ2v) is 5.93. The molecule has 1 aliphatic carbocycles. The van der Waals surface area contributed by atoms with Crippen LogP contribution in [0, 0.1) is 0 Å². The van der Waals surface area contributed by atoms with E-state index in [-0.39, 0.29) is 6.61 Å². The molecule has 0 aliphatic heterocycles. The van der Waals surface area contributed by atoms with Gasteiger partial charge >= 0.3 is 5.97 Å². The first-order chi connectivity index (χ1) is 8.74. The molecular weight excluding hydrogens is 248 g/mol. The van der Waals surface area contributed by atoms with Crippen molar-refractivity contribution in [3.05, 3.63) is 29.8 Å². The Morgan fingerprint density at radius 2 is 1.94 bits per heavy atom. The van der Waals surface area contributed by atoms with Crippen molar-refractivity contribution in [3.63, 3.8) is 0 Å². The number of benzene rings is 1. The van der Waals surface area contributed by atoms with Gasteiger partial charge in [-0.05, 0) is 30.5 Å². The molecule has 0 aromatic heterocycles. The highest BCUT2D eigenvalue weighted by molar-refractivity contribution is 8.00. The summed E-state index contributed by atoms with van der Waals surface area (Å²) < 4.78 is 5.05. The predicted molar refractivity (Wildman–Crippen MR) is 71.8 cm³/mol. The zero-order chi connectivity index (χ0) is 12.8. The summed E-state index contributed by atoms with van der Waals surface area (Å²) in [7, 11) is 0. The summed E-state index contributed by atoms with van der Waals surface area (Å²) in [6, 6.07) is 8.23. The summed E-state index contributed by atoms with van der Waals surface area (Å²) in [4.78, 5) is 11.6. The van der Waals surface area contributed by atoms with Gasteiger partial charge in [-0.15, -0.1) is 11.8 Å². The Balaban J connectivity index is 1.79. The second kappa shape index (κ2) is 6.81. The van der Waals surface area contributed by atoms with E-state index in [1.54, 1.807) is 0 Å². The topological polar surface area (TPSA) is 46.5 Å². The van der Waals surface area contributed by atoms with Crippen molar-refractivity contribution in [1.82, 2.24) is 0 Å². The molecule has 1 aromatic carbocycles. The molecule has 3 nitrogen and oxygen atoms in total. The van der Waals surface area contributed by atoms with Gasteiger partial charge in [-0.3, -0.25) is 0 Å². The van der Waals surface area contributed by atoms with Gasteiger partial charge in [0, 0.05) is 10.1 Å². The van der Waals surface area contributed by atoms with E-state index < -0.39 is 5.97 Å². The lowest BCUT2D eigenvalue weighted by molar-refractivity contribution is -0.142. The Morgan fingerprint density at radius 3 is 2.56 bits per heavy atom. The van der Waals surface area contributed by atoms with Crippen LogP contribution in [0.2, 0.25) is 0 Å². The second-order valence-electron chi connectivity index (χ2n) is 4.55. The molecular formula is C14H18O3S. The molecule has 98 valence electrons. The summed E-state index contributed by atoms with van der Waals surface area (Å²) in [5.41, 5.74) is 1.02. The standard InChI is InChI=1S/C14H18O3S/c15-14(16)10-17-9-11-5-7-13(8-6-11)18-12-3-1-2-4-12/h5-8,12H,1-4,9-10H2,(H,15,16). The molecule has 2 rings (SSSR count).